The maximum absolute atomic E-state index is 13.4. The molecule has 4 aromatic rings. The Morgan fingerprint density at radius 3 is 2.38 bits per heavy atom. The minimum atomic E-state index is -0.304. The molecule has 7 heteroatoms. The summed E-state index contributed by atoms with van der Waals surface area (Å²) in [7, 11) is 0. The molecule has 0 saturated heterocycles. The Kier molecular flexibility index (Phi) is 6.53. The first-order valence-corrected chi connectivity index (χ1v) is 11.4. The molecule has 4 rings (SSSR count). The van der Waals surface area contributed by atoms with Crippen LogP contribution < -0.4 is 10.2 Å². The Morgan fingerprint density at radius 2 is 1.66 bits per heavy atom. The van der Waals surface area contributed by atoms with Crippen LogP contribution in [-0.2, 0) is 4.79 Å². The summed E-state index contributed by atoms with van der Waals surface area (Å²) in [5.74, 6) is -0.442. The van der Waals surface area contributed by atoms with Gasteiger partial charge in [-0.1, -0.05) is 65.4 Å². The number of aromatic nitrogens is 1. The molecule has 0 atom stereocenters. The molecule has 0 bridgehead atoms. The number of benzene rings is 3. The molecule has 5 nitrogen and oxygen atoms in total. The highest BCUT2D eigenvalue weighted by Crippen LogP contribution is 2.37. The summed E-state index contributed by atoms with van der Waals surface area (Å²) in [5.41, 5.74) is 4.03. The second-order valence-corrected chi connectivity index (χ2v) is 8.84. The summed E-state index contributed by atoms with van der Waals surface area (Å²) >= 11 is 7.58. The molecule has 3 aromatic carbocycles. The SMILES string of the molecule is Cc1cccc(C)c1N(C(=O)CCNC(=O)c1ccccc1Cl)c1nc2ccccc2s1. The average Bonchev–Trinajstić information content (AvgIpc) is 3.20. The van der Waals surface area contributed by atoms with Crippen LogP contribution in [-0.4, -0.2) is 23.3 Å². The number of amides is 2. The summed E-state index contributed by atoms with van der Waals surface area (Å²) in [6.45, 7) is 4.15. The zero-order valence-electron chi connectivity index (χ0n) is 17.8. The van der Waals surface area contributed by atoms with Gasteiger partial charge in [-0.05, 0) is 49.2 Å². The lowest BCUT2D eigenvalue weighted by molar-refractivity contribution is -0.117. The molecular weight excluding hydrogens is 442 g/mol. The van der Waals surface area contributed by atoms with Crippen LogP contribution in [0, 0.1) is 13.8 Å². The first-order valence-electron chi connectivity index (χ1n) is 10.2. The number of nitrogens with zero attached hydrogens (tertiary/aromatic N) is 2. The Bertz CT molecular complexity index is 1250. The van der Waals surface area contributed by atoms with E-state index in [-0.39, 0.29) is 24.8 Å². The lowest BCUT2D eigenvalue weighted by atomic mass is 10.1. The van der Waals surface area contributed by atoms with Gasteiger partial charge in [0, 0.05) is 13.0 Å². The van der Waals surface area contributed by atoms with Crippen molar-refractivity contribution in [2.24, 2.45) is 0 Å². The highest BCUT2D eigenvalue weighted by atomic mass is 35.5. The van der Waals surface area contributed by atoms with Gasteiger partial charge < -0.3 is 5.32 Å². The van der Waals surface area contributed by atoms with E-state index in [1.165, 1.54) is 11.3 Å². The van der Waals surface area contributed by atoms with Crippen LogP contribution >= 0.6 is 22.9 Å². The fourth-order valence-corrected chi connectivity index (χ4v) is 4.79. The van der Waals surface area contributed by atoms with Gasteiger partial charge in [-0.2, -0.15) is 0 Å². The average molecular weight is 464 g/mol. The summed E-state index contributed by atoms with van der Waals surface area (Å²) < 4.78 is 1.01. The van der Waals surface area contributed by atoms with Crippen molar-refractivity contribution in [3.05, 3.63) is 88.4 Å². The van der Waals surface area contributed by atoms with Crippen molar-refractivity contribution in [2.45, 2.75) is 20.3 Å². The number of para-hydroxylation sites is 2. The van der Waals surface area contributed by atoms with E-state index in [9.17, 15) is 9.59 Å². The lowest BCUT2D eigenvalue weighted by Crippen LogP contribution is -2.32. The molecular formula is C25H22ClN3O2S. The molecule has 1 aromatic heterocycles. The third-order valence-electron chi connectivity index (χ3n) is 5.13. The maximum Gasteiger partial charge on any atom is 0.252 e. The normalized spacial score (nSPS) is 10.8. The van der Waals surface area contributed by atoms with Gasteiger partial charge in [-0.25, -0.2) is 4.98 Å². The number of anilines is 2. The number of carbonyl (C=O) groups excluding carboxylic acids is 2. The number of fused-ring (bicyclic) bond motifs is 1. The van der Waals surface area contributed by atoms with Crippen LogP contribution in [0.5, 0.6) is 0 Å². The van der Waals surface area contributed by atoms with Gasteiger partial charge >= 0.3 is 0 Å². The van der Waals surface area contributed by atoms with Crippen LogP contribution in [0.2, 0.25) is 5.02 Å². The molecule has 0 radical (unpaired) electrons. The highest BCUT2D eigenvalue weighted by Gasteiger charge is 2.24. The van der Waals surface area contributed by atoms with Gasteiger partial charge in [0.05, 0.1) is 26.5 Å². The van der Waals surface area contributed by atoms with E-state index < -0.39 is 0 Å². The van der Waals surface area contributed by atoms with Crippen LogP contribution in [0.3, 0.4) is 0 Å². The minimum Gasteiger partial charge on any atom is -0.351 e. The van der Waals surface area contributed by atoms with Crippen molar-refractivity contribution in [1.82, 2.24) is 10.3 Å². The molecule has 0 fully saturated rings. The van der Waals surface area contributed by atoms with Gasteiger partial charge in [-0.15, -0.1) is 0 Å². The first-order chi connectivity index (χ1) is 15.5. The van der Waals surface area contributed by atoms with Crippen LogP contribution in [0.4, 0.5) is 10.8 Å². The van der Waals surface area contributed by atoms with Crippen molar-refractivity contribution in [3.63, 3.8) is 0 Å². The van der Waals surface area contributed by atoms with E-state index in [0.29, 0.717) is 15.7 Å². The number of nitrogens with one attached hydrogen (secondary N) is 1. The quantitative estimate of drug-likeness (QED) is 0.378. The monoisotopic (exact) mass is 463 g/mol. The fraction of sp³-hybridized carbons (Fsp3) is 0.160. The predicted molar refractivity (Wildman–Crippen MR) is 131 cm³/mol. The Morgan fingerprint density at radius 1 is 0.969 bits per heavy atom. The van der Waals surface area contributed by atoms with E-state index in [1.54, 1.807) is 29.2 Å². The number of halogens is 1. The predicted octanol–water partition coefficient (Wildman–Crippen LogP) is 6.05. The zero-order chi connectivity index (χ0) is 22.7. The van der Waals surface area contributed by atoms with E-state index >= 15 is 0 Å². The number of hydrogen-bond acceptors (Lipinski definition) is 4. The number of thiazole rings is 1. The lowest BCUT2D eigenvalue weighted by Gasteiger charge is -2.24. The number of hydrogen-bond donors (Lipinski definition) is 1. The smallest absolute Gasteiger partial charge is 0.252 e. The van der Waals surface area contributed by atoms with Gasteiger partial charge in [-0.3, -0.25) is 14.5 Å². The summed E-state index contributed by atoms with van der Waals surface area (Å²) in [6, 6.07) is 20.6. The molecule has 2 amide bonds. The molecule has 0 aliphatic carbocycles. The highest BCUT2D eigenvalue weighted by molar-refractivity contribution is 7.22. The van der Waals surface area contributed by atoms with Crippen molar-refractivity contribution in [3.8, 4) is 0 Å². The first kappa shape index (κ1) is 22.0. The molecule has 162 valence electrons. The molecule has 0 aliphatic heterocycles. The molecule has 1 N–H and O–H groups in total. The van der Waals surface area contributed by atoms with Gasteiger partial charge in [0.25, 0.3) is 5.91 Å². The number of aryl methyl sites for hydroxylation is 2. The fourth-order valence-electron chi connectivity index (χ4n) is 3.58. The molecule has 0 unspecified atom stereocenters. The van der Waals surface area contributed by atoms with Crippen molar-refractivity contribution in [2.75, 3.05) is 11.4 Å². The Hall–Kier alpha value is -3.22. The van der Waals surface area contributed by atoms with Crippen LogP contribution in [0.15, 0.2) is 66.7 Å². The van der Waals surface area contributed by atoms with Crippen molar-refractivity contribution in [1.29, 1.82) is 0 Å². The van der Waals surface area contributed by atoms with Crippen molar-refractivity contribution >= 4 is 55.8 Å². The number of rotatable bonds is 6. The van der Waals surface area contributed by atoms with Crippen LogP contribution in [0.25, 0.3) is 10.2 Å². The minimum absolute atomic E-state index is 0.125. The van der Waals surface area contributed by atoms with E-state index in [4.69, 9.17) is 16.6 Å². The van der Waals surface area contributed by atoms with Crippen LogP contribution in [0.1, 0.15) is 27.9 Å². The Labute approximate surface area is 195 Å². The zero-order valence-corrected chi connectivity index (χ0v) is 19.3. The molecule has 1 heterocycles. The topological polar surface area (TPSA) is 62.3 Å². The molecule has 32 heavy (non-hydrogen) atoms. The number of carbonyl (C=O) groups is 2. The summed E-state index contributed by atoms with van der Waals surface area (Å²) in [5, 5.41) is 3.79. The van der Waals surface area contributed by atoms with Gasteiger partial charge in [0.2, 0.25) is 5.91 Å². The van der Waals surface area contributed by atoms with Gasteiger partial charge in [0.1, 0.15) is 0 Å². The van der Waals surface area contributed by atoms with E-state index in [0.717, 1.165) is 27.0 Å². The molecule has 0 aliphatic rings. The summed E-state index contributed by atoms with van der Waals surface area (Å²) in [6.07, 6.45) is 0.125. The summed E-state index contributed by atoms with van der Waals surface area (Å²) in [4.78, 5) is 32.3. The van der Waals surface area contributed by atoms with E-state index in [1.807, 2.05) is 56.3 Å². The second-order valence-electron chi connectivity index (χ2n) is 7.42. The second kappa shape index (κ2) is 9.51. The van der Waals surface area contributed by atoms with Crippen molar-refractivity contribution < 1.29 is 9.59 Å². The molecule has 0 saturated carbocycles. The maximum atomic E-state index is 13.4. The third kappa shape index (κ3) is 4.52. The molecule has 0 spiro atoms. The standard InChI is InChI=1S/C25H22ClN3O2S/c1-16-8-7-9-17(2)23(16)29(25-28-20-12-5-6-13-21(20)32-25)22(30)14-15-27-24(31)18-10-3-4-11-19(18)26/h3-13H,14-15H2,1-2H3,(H,27,31). The van der Waals surface area contributed by atoms with E-state index in [2.05, 4.69) is 5.32 Å². The Balaban J connectivity index is 1.59. The third-order valence-corrected chi connectivity index (χ3v) is 6.48. The largest absolute Gasteiger partial charge is 0.351 e. The van der Waals surface area contributed by atoms with Gasteiger partial charge in [0.15, 0.2) is 5.13 Å².